The number of hydrogen-bond donors (Lipinski definition) is 3. The SMILES string of the molecule is C=CCNCC(=O)NCC(C)(O)CC. The summed E-state index contributed by atoms with van der Waals surface area (Å²) in [5, 5.41) is 15.1. The minimum Gasteiger partial charge on any atom is -0.388 e. The molecular formula is C10H20N2O2. The summed E-state index contributed by atoms with van der Waals surface area (Å²) >= 11 is 0. The summed E-state index contributed by atoms with van der Waals surface area (Å²) in [4.78, 5) is 11.2. The molecule has 0 heterocycles. The highest BCUT2D eigenvalue weighted by molar-refractivity contribution is 5.78. The first-order valence-corrected chi connectivity index (χ1v) is 4.82. The maximum Gasteiger partial charge on any atom is 0.234 e. The van der Waals surface area contributed by atoms with Gasteiger partial charge in [-0.15, -0.1) is 6.58 Å². The van der Waals surface area contributed by atoms with E-state index in [4.69, 9.17) is 0 Å². The van der Waals surface area contributed by atoms with Crippen LogP contribution in [0.3, 0.4) is 0 Å². The van der Waals surface area contributed by atoms with E-state index < -0.39 is 5.60 Å². The lowest BCUT2D eigenvalue weighted by Crippen LogP contribution is -2.43. The topological polar surface area (TPSA) is 61.4 Å². The Morgan fingerprint density at radius 3 is 2.79 bits per heavy atom. The number of carbonyl (C=O) groups excluding carboxylic acids is 1. The van der Waals surface area contributed by atoms with Gasteiger partial charge in [-0.05, 0) is 13.3 Å². The zero-order valence-corrected chi connectivity index (χ0v) is 8.97. The van der Waals surface area contributed by atoms with Gasteiger partial charge in [-0.3, -0.25) is 4.79 Å². The van der Waals surface area contributed by atoms with Crippen molar-refractivity contribution in [3.05, 3.63) is 12.7 Å². The molecular weight excluding hydrogens is 180 g/mol. The summed E-state index contributed by atoms with van der Waals surface area (Å²) < 4.78 is 0. The van der Waals surface area contributed by atoms with Gasteiger partial charge in [0.25, 0.3) is 0 Å². The Morgan fingerprint density at radius 2 is 2.29 bits per heavy atom. The summed E-state index contributed by atoms with van der Waals surface area (Å²) in [6.07, 6.45) is 2.31. The van der Waals surface area contributed by atoms with Gasteiger partial charge in [0.2, 0.25) is 5.91 Å². The van der Waals surface area contributed by atoms with Crippen molar-refractivity contribution in [1.29, 1.82) is 0 Å². The van der Waals surface area contributed by atoms with E-state index in [0.717, 1.165) is 0 Å². The lowest BCUT2D eigenvalue weighted by molar-refractivity contribution is -0.121. The lowest BCUT2D eigenvalue weighted by Gasteiger charge is -2.21. The average molecular weight is 200 g/mol. The minimum absolute atomic E-state index is 0.111. The Hall–Kier alpha value is -0.870. The number of nitrogens with one attached hydrogen (secondary N) is 2. The molecule has 4 heteroatoms. The second kappa shape index (κ2) is 6.56. The maximum atomic E-state index is 11.2. The lowest BCUT2D eigenvalue weighted by atomic mass is 10.0. The predicted molar refractivity (Wildman–Crippen MR) is 57.0 cm³/mol. The van der Waals surface area contributed by atoms with E-state index in [1.165, 1.54) is 0 Å². The zero-order chi connectivity index (χ0) is 11.0. The molecule has 82 valence electrons. The number of hydrogen-bond acceptors (Lipinski definition) is 3. The highest BCUT2D eigenvalue weighted by Gasteiger charge is 2.17. The first-order valence-electron chi connectivity index (χ1n) is 4.82. The molecule has 3 N–H and O–H groups in total. The van der Waals surface area contributed by atoms with Gasteiger partial charge < -0.3 is 15.7 Å². The van der Waals surface area contributed by atoms with Gasteiger partial charge in [0.1, 0.15) is 0 Å². The van der Waals surface area contributed by atoms with Crippen LogP contribution in [0.2, 0.25) is 0 Å². The predicted octanol–water partition coefficient (Wildman–Crippen LogP) is 0.0392. The number of rotatable bonds is 7. The molecule has 0 aliphatic carbocycles. The van der Waals surface area contributed by atoms with E-state index in [9.17, 15) is 9.90 Å². The van der Waals surface area contributed by atoms with Crippen molar-refractivity contribution in [2.24, 2.45) is 0 Å². The van der Waals surface area contributed by atoms with Gasteiger partial charge in [0.05, 0.1) is 12.1 Å². The van der Waals surface area contributed by atoms with Crippen LogP contribution in [-0.4, -0.2) is 36.2 Å². The third kappa shape index (κ3) is 6.62. The molecule has 0 aromatic carbocycles. The van der Waals surface area contributed by atoms with Crippen LogP contribution in [0.15, 0.2) is 12.7 Å². The summed E-state index contributed by atoms with van der Waals surface area (Å²) in [5.74, 6) is -0.111. The van der Waals surface area contributed by atoms with E-state index in [2.05, 4.69) is 17.2 Å². The molecule has 0 spiro atoms. The van der Waals surface area contributed by atoms with Gasteiger partial charge in [0, 0.05) is 13.1 Å². The van der Waals surface area contributed by atoms with Crippen LogP contribution >= 0.6 is 0 Å². The molecule has 4 nitrogen and oxygen atoms in total. The van der Waals surface area contributed by atoms with Crippen molar-refractivity contribution in [3.8, 4) is 0 Å². The van der Waals surface area contributed by atoms with E-state index in [-0.39, 0.29) is 19.0 Å². The molecule has 0 aromatic rings. The van der Waals surface area contributed by atoms with Gasteiger partial charge in [0.15, 0.2) is 0 Å². The van der Waals surface area contributed by atoms with E-state index >= 15 is 0 Å². The Labute approximate surface area is 85.4 Å². The molecule has 0 aliphatic heterocycles. The molecule has 1 unspecified atom stereocenters. The third-order valence-corrected chi connectivity index (χ3v) is 2.00. The second-order valence-electron chi connectivity index (χ2n) is 3.55. The number of aliphatic hydroxyl groups is 1. The average Bonchev–Trinajstić information content (AvgIpc) is 2.16. The van der Waals surface area contributed by atoms with Crippen LogP contribution in [0.5, 0.6) is 0 Å². The smallest absolute Gasteiger partial charge is 0.234 e. The van der Waals surface area contributed by atoms with Crippen molar-refractivity contribution >= 4 is 5.91 Å². The molecule has 0 saturated carbocycles. The van der Waals surface area contributed by atoms with Crippen LogP contribution < -0.4 is 10.6 Å². The van der Waals surface area contributed by atoms with Gasteiger partial charge >= 0.3 is 0 Å². The molecule has 0 rings (SSSR count). The van der Waals surface area contributed by atoms with E-state index in [1.54, 1.807) is 13.0 Å². The fourth-order valence-electron chi connectivity index (χ4n) is 0.764. The van der Waals surface area contributed by atoms with Crippen molar-refractivity contribution in [3.63, 3.8) is 0 Å². The first-order chi connectivity index (χ1) is 6.52. The van der Waals surface area contributed by atoms with Crippen LogP contribution in [0.25, 0.3) is 0 Å². The van der Waals surface area contributed by atoms with Crippen LogP contribution in [0, 0.1) is 0 Å². The maximum absolute atomic E-state index is 11.2. The third-order valence-electron chi connectivity index (χ3n) is 2.00. The van der Waals surface area contributed by atoms with Crippen LogP contribution in [0.1, 0.15) is 20.3 Å². The number of carbonyl (C=O) groups is 1. The fourth-order valence-corrected chi connectivity index (χ4v) is 0.764. The highest BCUT2D eigenvalue weighted by atomic mass is 16.3. The van der Waals surface area contributed by atoms with Gasteiger partial charge in [-0.2, -0.15) is 0 Å². The quantitative estimate of drug-likeness (QED) is 0.401. The molecule has 0 aliphatic rings. The monoisotopic (exact) mass is 200 g/mol. The Kier molecular flexibility index (Phi) is 6.16. The normalized spacial score (nSPS) is 14.5. The summed E-state index contributed by atoms with van der Waals surface area (Å²) in [6, 6.07) is 0. The second-order valence-corrected chi connectivity index (χ2v) is 3.55. The zero-order valence-electron chi connectivity index (χ0n) is 8.97. The van der Waals surface area contributed by atoms with Crippen LogP contribution in [-0.2, 0) is 4.79 Å². The summed E-state index contributed by atoms with van der Waals surface area (Å²) in [7, 11) is 0. The Balaban J connectivity index is 3.58. The largest absolute Gasteiger partial charge is 0.388 e. The minimum atomic E-state index is -0.811. The summed E-state index contributed by atoms with van der Waals surface area (Å²) in [5.41, 5.74) is -0.811. The van der Waals surface area contributed by atoms with Crippen molar-refractivity contribution in [2.75, 3.05) is 19.6 Å². The van der Waals surface area contributed by atoms with Crippen LogP contribution in [0.4, 0.5) is 0 Å². The molecule has 0 fully saturated rings. The van der Waals surface area contributed by atoms with Crippen molar-refractivity contribution in [1.82, 2.24) is 10.6 Å². The highest BCUT2D eigenvalue weighted by Crippen LogP contribution is 2.05. The molecule has 1 amide bonds. The van der Waals surface area contributed by atoms with Gasteiger partial charge in [-0.25, -0.2) is 0 Å². The molecule has 14 heavy (non-hydrogen) atoms. The van der Waals surface area contributed by atoms with Crippen molar-refractivity contribution in [2.45, 2.75) is 25.9 Å². The van der Waals surface area contributed by atoms with E-state index in [1.807, 2.05) is 6.92 Å². The Morgan fingerprint density at radius 1 is 1.64 bits per heavy atom. The standard InChI is InChI=1S/C10H20N2O2/c1-4-6-11-7-9(13)12-8-10(3,14)5-2/h4,11,14H,1,5-8H2,2-3H3,(H,12,13). The first kappa shape index (κ1) is 13.1. The van der Waals surface area contributed by atoms with Gasteiger partial charge in [-0.1, -0.05) is 13.0 Å². The summed E-state index contributed by atoms with van der Waals surface area (Å²) in [6.45, 7) is 8.25. The van der Waals surface area contributed by atoms with Crippen molar-refractivity contribution < 1.29 is 9.90 Å². The number of amides is 1. The fraction of sp³-hybridized carbons (Fsp3) is 0.700. The molecule has 0 aromatic heterocycles. The Bertz CT molecular complexity index is 191. The van der Waals surface area contributed by atoms with E-state index in [0.29, 0.717) is 13.0 Å². The molecule has 0 saturated heterocycles. The molecule has 0 bridgehead atoms. The molecule has 1 atom stereocenters. The molecule has 0 radical (unpaired) electrons.